The summed E-state index contributed by atoms with van der Waals surface area (Å²) in [4.78, 5) is 29.1. The number of carbonyl (C=O) groups is 2. The van der Waals surface area contributed by atoms with E-state index in [1.165, 1.54) is 6.07 Å². The van der Waals surface area contributed by atoms with Crippen LogP contribution in [0.2, 0.25) is 0 Å². The van der Waals surface area contributed by atoms with Crippen molar-refractivity contribution in [2.75, 3.05) is 33.9 Å². The van der Waals surface area contributed by atoms with Gasteiger partial charge in [0.15, 0.2) is 17.4 Å². The van der Waals surface area contributed by atoms with E-state index < -0.39 is 23.9 Å². The standard InChI is InChI=1S/C18H15FN2O5S.C4H11N/c1-2-25-14-8-26-13-6-12(19)9(3-4-10(23)7-22)5-11(13)15-16(14)27-18(21-15)17(20)24;1-4-5(2)3/h5-7,10,14,23H,2,8H2,1H3,(H2,20,24);4H2,1-3H3. The van der Waals surface area contributed by atoms with Gasteiger partial charge in [-0.15, -0.1) is 11.3 Å². The maximum atomic E-state index is 14.3. The fourth-order valence-electron chi connectivity index (χ4n) is 2.56. The molecule has 1 aromatic heterocycles. The Balaban J connectivity index is 0.000000654. The van der Waals surface area contributed by atoms with Crippen LogP contribution in [0.3, 0.4) is 0 Å². The molecule has 0 radical (unpaired) electrons. The van der Waals surface area contributed by atoms with Crippen LogP contribution in [0, 0.1) is 17.7 Å². The van der Waals surface area contributed by atoms with Gasteiger partial charge in [-0.1, -0.05) is 18.8 Å². The van der Waals surface area contributed by atoms with E-state index in [0.717, 1.165) is 23.9 Å². The van der Waals surface area contributed by atoms with Crippen LogP contribution in [0.15, 0.2) is 12.1 Å². The normalized spacial score (nSPS) is 15.0. The van der Waals surface area contributed by atoms with Crippen molar-refractivity contribution >= 4 is 23.5 Å². The molecule has 3 rings (SSSR count). The van der Waals surface area contributed by atoms with Gasteiger partial charge in [-0.2, -0.15) is 0 Å². The van der Waals surface area contributed by atoms with Crippen LogP contribution < -0.4 is 10.5 Å². The van der Waals surface area contributed by atoms with Gasteiger partial charge in [0.25, 0.3) is 5.91 Å². The van der Waals surface area contributed by atoms with E-state index in [2.05, 4.69) is 42.7 Å². The molecule has 1 aliphatic rings. The average Bonchev–Trinajstić information content (AvgIpc) is 3.16. The first-order chi connectivity index (χ1) is 15.2. The predicted molar refractivity (Wildman–Crippen MR) is 119 cm³/mol. The fourth-order valence-corrected chi connectivity index (χ4v) is 3.52. The number of rotatable bonds is 5. The SMILES string of the molecule is CCN(C)C.CCOC1COc2cc(F)c(C#CC(O)C=O)cc2-c2nc(C(N)=O)sc21. The van der Waals surface area contributed by atoms with Gasteiger partial charge in [-0.25, -0.2) is 9.37 Å². The third-order valence-corrected chi connectivity index (χ3v) is 5.52. The Kier molecular flexibility index (Phi) is 9.28. The van der Waals surface area contributed by atoms with Crippen LogP contribution >= 0.6 is 11.3 Å². The molecule has 32 heavy (non-hydrogen) atoms. The molecule has 0 fully saturated rings. The minimum absolute atomic E-state index is 0.0484. The molecule has 3 N–H and O–H groups in total. The van der Waals surface area contributed by atoms with Crippen LogP contribution in [-0.4, -0.2) is 67.1 Å². The monoisotopic (exact) mass is 463 g/mol. The third-order valence-electron chi connectivity index (χ3n) is 4.36. The topological polar surface area (TPSA) is 115 Å². The molecule has 10 heteroatoms. The Morgan fingerprint density at radius 2 is 2.19 bits per heavy atom. The molecule has 172 valence electrons. The number of halogens is 1. The highest BCUT2D eigenvalue weighted by Crippen LogP contribution is 2.43. The van der Waals surface area contributed by atoms with Crippen LogP contribution in [0.4, 0.5) is 4.39 Å². The molecule has 0 saturated heterocycles. The van der Waals surface area contributed by atoms with E-state index in [-0.39, 0.29) is 29.2 Å². The molecule has 1 aliphatic heterocycles. The fraction of sp³-hybridized carbons (Fsp3) is 0.409. The first-order valence-electron chi connectivity index (χ1n) is 9.90. The lowest BCUT2D eigenvalue weighted by atomic mass is 10.0. The second kappa shape index (κ2) is 11.7. The number of nitrogens with zero attached hydrogens (tertiary/aromatic N) is 2. The maximum absolute atomic E-state index is 14.3. The summed E-state index contributed by atoms with van der Waals surface area (Å²) in [5.74, 6) is 3.51. The largest absolute Gasteiger partial charge is 0.490 e. The second-order valence-corrected chi connectivity index (χ2v) is 7.96. The molecule has 1 amide bonds. The Morgan fingerprint density at radius 3 is 2.75 bits per heavy atom. The lowest BCUT2D eigenvalue weighted by Crippen LogP contribution is -2.12. The number of thiazole rings is 1. The van der Waals surface area contributed by atoms with Crippen molar-refractivity contribution < 1.29 is 28.6 Å². The van der Waals surface area contributed by atoms with Crippen LogP contribution in [-0.2, 0) is 9.53 Å². The van der Waals surface area contributed by atoms with Gasteiger partial charge in [0.1, 0.15) is 24.3 Å². The highest BCUT2D eigenvalue weighted by atomic mass is 32.1. The van der Waals surface area contributed by atoms with Crippen molar-refractivity contribution in [3.05, 3.63) is 33.4 Å². The molecule has 2 atom stereocenters. The number of nitrogens with two attached hydrogens (primary N) is 1. The minimum Gasteiger partial charge on any atom is -0.490 e. The number of hydrogen-bond donors (Lipinski definition) is 2. The summed E-state index contributed by atoms with van der Waals surface area (Å²) in [5.41, 5.74) is 6.12. The van der Waals surface area contributed by atoms with Crippen molar-refractivity contribution in [3.8, 4) is 28.8 Å². The van der Waals surface area contributed by atoms with Crippen molar-refractivity contribution in [1.82, 2.24) is 9.88 Å². The predicted octanol–water partition coefficient (Wildman–Crippen LogP) is 2.00. The number of aliphatic hydroxyl groups is 1. The molecule has 0 aliphatic carbocycles. The minimum atomic E-state index is -1.52. The van der Waals surface area contributed by atoms with E-state index in [0.29, 0.717) is 22.7 Å². The summed E-state index contributed by atoms with van der Waals surface area (Å²) in [6, 6.07) is 2.54. The molecule has 0 spiro atoms. The van der Waals surface area contributed by atoms with Crippen molar-refractivity contribution in [1.29, 1.82) is 0 Å². The Morgan fingerprint density at radius 1 is 1.50 bits per heavy atom. The van der Waals surface area contributed by atoms with Gasteiger partial charge in [0.2, 0.25) is 0 Å². The highest BCUT2D eigenvalue weighted by Gasteiger charge is 2.30. The van der Waals surface area contributed by atoms with E-state index in [9.17, 15) is 19.1 Å². The quantitative estimate of drug-likeness (QED) is 0.515. The number of primary amides is 1. The second-order valence-electron chi connectivity index (χ2n) is 6.93. The summed E-state index contributed by atoms with van der Waals surface area (Å²) in [6.07, 6.45) is -1.77. The summed E-state index contributed by atoms with van der Waals surface area (Å²) < 4.78 is 25.7. The lowest BCUT2D eigenvalue weighted by molar-refractivity contribution is -0.112. The number of aromatic nitrogens is 1. The molecule has 1 aromatic carbocycles. The lowest BCUT2D eigenvalue weighted by Gasteiger charge is -2.14. The van der Waals surface area contributed by atoms with E-state index >= 15 is 0 Å². The molecular weight excluding hydrogens is 437 g/mol. The summed E-state index contributed by atoms with van der Waals surface area (Å²) >= 11 is 1.09. The van der Waals surface area contributed by atoms with E-state index in [1.807, 2.05) is 6.92 Å². The first-order valence-corrected chi connectivity index (χ1v) is 10.7. The van der Waals surface area contributed by atoms with Gasteiger partial charge in [0.05, 0.1) is 16.1 Å². The smallest absolute Gasteiger partial charge is 0.277 e. The Labute approximate surface area is 190 Å². The number of fused-ring (bicyclic) bond motifs is 3. The van der Waals surface area contributed by atoms with Crippen molar-refractivity contribution in [3.63, 3.8) is 0 Å². The number of benzene rings is 1. The molecular formula is C22H26FN3O5S. The van der Waals surface area contributed by atoms with Gasteiger partial charge in [-0.05, 0) is 33.6 Å². The molecule has 2 aromatic rings. The van der Waals surface area contributed by atoms with Gasteiger partial charge < -0.3 is 25.2 Å². The van der Waals surface area contributed by atoms with Gasteiger partial charge >= 0.3 is 0 Å². The molecule has 2 heterocycles. The number of amides is 1. The van der Waals surface area contributed by atoms with E-state index in [4.69, 9.17) is 15.2 Å². The van der Waals surface area contributed by atoms with Crippen molar-refractivity contribution in [2.45, 2.75) is 26.1 Å². The number of aldehydes is 1. The zero-order valence-corrected chi connectivity index (χ0v) is 19.2. The number of hydrogen-bond acceptors (Lipinski definition) is 8. The molecule has 0 bridgehead atoms. The average molecular weight is 464 g/mol. The van der Waals surface area contributed by atoms with Crippen molar-refractivity contribution in [2.24, 2.45) is 5.73 Å². The zero-order valence-electron chi connectivity index (χ0n) is 18.3. The third kappa shape index (κ3) is 6.34. The first kappa shape index (κ1) is 25.4. The molecule has 0 saturated carbocycles. The Bertz CT molecular complexity index is 1030. The zero-order chi connectivity index (χ0) is 23.8. The number of carbonyl (C=O) groups excluding carboxylic acids is 2. The Hall–Kier alpha value is -2.84. The van der Waals surface area contributed by atoms with E-state index in [1.54, 1.807) is 0 Å². The van der Waals surface area contributed by atoms with Crippen LogP contribution in [0.25, 0.3) is 11.3 Å². The summed E-state index contributed by atoms with van der Waals surface area (Å²) in [7, 11) is 4.11. The van der Waals surface area contributed by atoms with Crippen LogP contribution in [0.5, 0.6) is 5.75 Å². The van der Waals surface area contributed by atoms with Crippen LogP contribution in [0.1, 0.15) is 40.2 Å². The van der Waals surface area contributed by atoms with Gasteiger partial charge in [-0.3, -0.25) is 9.59 Å². The maximum Gasteiger partial charge on any atom is 0.277 e. The highest BCUT2D eigenvalue weighted by molar-refractivity contribution is 7.14. The summed E-state index contributed by atoms with van der Waals surface area (Å²) in [6.45, 7) is 5.60. The molecule has 8 nitrogen and oxygen atoms in total. The number of aliphatic hydroxyl groups excluding tert-OH is 1. The summed E-state index contributed by atoms with van der Waals surface area (Å²) in [5, 5.41) is 9.34. The number of ether oxygens (including phenoxy) is 2. The molecule has 2 unspecified atom stereocenters. The van der Waals surface area contributed by atoms with Gasteiger partial charge in [0, 0.05) is 18.2 Å².